The number of carbonyl (C=O) groups is 2. The predicted octanol–water partition coefficient (Wildman–Crippen LogP) is 7.42. The third-order valence-corrected chi connectivity index (χ3v) is 18.2. The molecule has 0 aromatic heterocycles. The van der Waals surface area contributed by atoms with Crippen molar-refractivity contribution in [2.45, 2.75) is 154 Å². The molecule has 2 spiro atoms. The molecule has 11 fully saturated rings. The molecule has 6 unspecified atom stereocenters. The first-order chi connectivity index (χ1) is 33.8. The van der Waals surface area contributed by atoms with E-state index in [9.17, 15) is 9.59 Å². The number of amides is 2. The minimum atomic E-state index is -0.850. The molecule has 0 radical (unpaired) electrons. The molecule has 4 bridgehead atoms. The standard InChI is InChI=1S/C54H76N4O12/c1-33-15-17-43-35(3)47(63-49-53(43)41(33)19-21-51(5,65-49)67-69-53)61-39-13-7-11-37(31-39)45(59)55-23-9-25-57-27-29-58(30-28-57)26-10-24-56-46(60)38-12-8-14-40(32-38)62-48-36(4)44-18-16-34(2)42-20-22-52(6)66-50(64-48)54(42,44)70-68-52/h7-8,11-14,31-36,41-44,47-50H,9-10,15-30H2,1-6H3,(H,55,59)(H,56,60)/t33-,34-,35-,36-,41?,42?,43?,44?,47+,48+,49?,50?,51+,52+,53-,54-/m1/s1. The van der Waals surface area contributed by atoms with Gasteiger partial charge in [-0.25, -0.2) is 19.6 Å². The Morgan fingerprint density at radius 3 is 1.44 bits per heavy atom. The second-order valence-electron chi connectivity index (χ2n) is 22.7. The average Bonchev–Trinajstić information content (AvgIpc) is 3.74. The maximum Gasteiger partial charge on any atom is 0.251 e. The number of ether oxygens (including phenoxy) is 6. The highest BCUT2D eigenvalue weighted by atomic mass is 17.3. The highest BCUT2D eigenvalue weighted by molar-refractivity contribution is 5.95. The van der Waals surface area contributed by atoms with Crippen LogP contribution in [0.2, 0.25) is 0 Å². The van der Waals surface area contributed by atoms with Gasteiger partial charge >= 0.3 is 0 Å². The van der Waals surface area contributed by atoms with Gasteiger partial charge in [-0.1, -0.05) is 39.8 Å². The maximum absolute atomic E-state index is 13.3. The fourth-order valence-corrected chi connectivity index (χ4v) is 14.2. The third-order valence-electron chi connectivity index (χ3n) is 18.2. The molecule has 16 heteroatoms. The van der Waals surface area contributed by atoms with Gasteiger partial charge in [0, 0.05) is 86.9 Å². The summed E-state index contributed by atoms with van der Waals surface area (Å²) in [4.78, 5) is 56.0. The molecule has 2 aromatic carbocycles. The second-order valence-corrected chi connectivity index (χ2v) is 22.7. The molecule has 2 N–H and O–H groups in total. The SMILES string of the molecule is C[C@@H]1CCC2[C@@H](C)[C@@H](Oc3cccc(C(=O)NCCCN4CCN(CCCNC(=O)c5cccc(O[C@H]6OC7O[C@]8(C)CCC9[C@H](C)CCC([C@H]6C)[C@@]79OO8)c5)CC4)c3)OC3O[C@]4(C)CCC1[C@]32OO4. The molecule has 2 aliphatic carbocycles. The zero-order valence-corrected chi connectivity index (χ0v) is 42.1. The Bertz CT molecular complexity index is 2060. The van der Waals surface area contributed by atoms with Crippen LogP contribution in [0, 0.1) is 47.3 Å². The van der Waals surface area contributed by atoms with Crippen molar-refractivity contribution < 1.29 is 57.6 Å². The number of benzene rings is 2. The number of nitrogens with zero attached hydrogens (tertiary/aromatic N) is 2. The van der Waals surface area contributed by atoms with Gasteiger partial charge in [-0.15, -0.1) is 0 Å². The molecule has 70 heavy (non-hydrogen) atoms. The largest absolute Gasteiger partial charge is 0.465 e. The maximum atomic E-state index is 13.3. The summed E-state index contributed by atoms with van der Waals surface area (Å²) in [6, 6.07) is 14.7. The fourth-order valence-electron chi connectivity index (χ4n) is 14.2. The van der Waals surface area contributed by atoms with Gasteiger partial charge in [-0.05, 0) is 138 Å². The molecule has 11 aliphatic rings. The predicted molar refractivity (Wildman–Crippen MR) is 255 cm³/mol. The fraction of sp³-hybridized carbons (Fsp3) is 0.741. The van der Waals surface area contributed by atoms with Crippen molar-refractivity contribution >= 4 is 11.8 Å². The lowest BCUT2D eigenvalue weighted by molar-refractivity contribution is -0.575. The molecule has 2 saturated carbocycles. The van der Waals surface area contributed by atoms with E-state index in [0.29, 0.717) is 47.6 Å². The van der Waals surface area contributed by atoms with Crippen LogP contribution >= 0.6 is 0 Å². The molecule has 9 aliphatic heterocycles. The summed E-state index contributed by atoms with van der Waals surface area (Å²) in [6.45, 7) is 19.7. The molecule has 2 aromatic rings. The molecular weight excluding hydrogens is 897 g/mol. The summed E-state index contributed by atoms with van der Waals surface area (Å²) >= 11 is 0. The van der Waals surface area contributed by atoms with Gasteiger partial charge in [-0.2, -0.15) is 0 Å². The summed E-state index contributed by atoms with van der Waals surface area (Å²) in [7, 11) is 0. The van der Waals surface area contributed by atoms with Crippen molar-refractivity contribution in [3.05, 3.63) is 59.7 Å². The van der Waals surface area contributed by atoms with Crippen molar-refractivity contribution in [2.75, 3.05) is 52.4 Å². The number of hydrogen-bond acceptors (Lipinski definition) is 14. The van der Waals surface area contributed by atoms with Crippen molar-refractivity contribution in [1.82, 2.24) is 20.4 Å². The summed E-state index contributed by atoms with van der Waals surface area (Å²) in [5, 5.41) is 6.23. The van der Waals surface area contributed by atoms with E-state index in [1.54, 1.807) is 12.1 Å². The lowest BCUT2D eigenvalue weighted by Gasteiger charge is -2.60. The Labute approximate surface area is 413 Å². The molecule has 16 atom stereocenters. The molecule has 9 saturated heterocycles. The Balaban J connectivity index is 0.586. The van der Waals surface area contributed by atoms with Gasteiger partial charge < -0.3 is 48.9 Å². The monoisotopic (exact) mass is 973 g/mol. The topological polar surface area (TPSA) is 157 Å². The Kier molecular flexibility index (Phi) is 13.6. The number of piperazine rings is 1. The van der Waals surface area contributed by atoms with Gasteiger partial charge in [0.2, 0.25) is 24.2 Å². The van der Waals surface area contributed by atoms with E-state index < -0.39 is 47.9 Å². The minimum absolute atomic E-state index is 0.0273. The van der Waals surface area contributed by atoms with E-state index in [4.69, 9.17) is 48.0 Å². The van der Waals surface area contributed by atoms with Gasteiger partial charge in [0.05, 0.1) is 0 Å². The lowest BCUT2D eigenvalue weighted by Crippen LogP contribution is -2.70. The number of nitrogens with one attached hydrogen (secondary N) is 2. The summed E-state index contributed by atoms with van der Waals surface area (Å²) < 4.78 is 39.3. The van der Waals surface area contributed by atoms with E-state index in [1.165, 1.54) is 0 Å². The van der Waals surface area contributed by atoms with Crippen LogP contribution in [0.5, 0.6) is 11.5 Å². The van der Waals surface area contributed by atoms with E-state index in [-0.39, 0.29) is 47.3 Å². The van der Waals surface area contributed by atoms with Crippen molar-refractivity contribution in [1.29, 1.82) is 0 Å². The van der Waals surface area contributed by atoms with E-state index in [1.807, 2.05) is 50.2 Å². The quantitative estimate of drug-likeness (QED) is 0.142. The normalized spacial score (nSPS) is 42.1. The smallest absolute Gasteiger partial charge is 0.251 e. The zero-order chi connectivity index (χ0) is 48.4. The zero-order valence-electron chi connectivity index (χ0n) is 42.1. The van der Waals surface area contributed by atoms with E-state index in [0.717, 1.165) is 103 Å². The van der Waals surface area contributed by atoms with Gasteiger partial charge in [0.25, 0.3) is 11.8 Å². The van der Waals surface area contributed by atoms with Crippen LogP contribution in [0.4, 0.5) is 0 Å². The highest BCUT2D eigenvalue weighted by Crippen LogP contribution is 2.62. The Morgan fingerprint density at radius 2 is 1.01 bits per heavy atom. The molecule has 9 heterocycles. The number of carbonyl (C=O) groups excluding carboxylic acids is 2. The van der Waals surface area contributed by atoms with Crippen LogP contribution in [0.15, 0.2) is 48.5 Å². The molecule has 384 valence electrons. The Hall–Kier alpha value is -3.42. The first kappa shape index (κ1) is 48.8. The van der Waals surface area contributed by atoms with Crippen LogP contribution in [0.1, 0.15) is 126 Å². The van der Waals surface area contributed by atoms with E-state index in [2.05, 4.69) is 48.1 Å². The number of hydrogen-bond donors (Lipinski definition) is 2. The van der Waals surface area contributed by atoms with Crippen molar-refractivity contribution in [3.8, 4) is 11.5 Å². The first-order valence-electron chi connectivity index (χ1n) is 26.7. The van der Waals surface area contributed by atoms with Crippen LogP contribution in [0.3, 0.4) is 0 Å². The van der Waals surface area contributed by atoms with Crippen LogP contribution in [0.25, 0.3) is 0 Å². The van der Waals surface area contributed by atoms with Crippen molar-refractivity contribution in [2.24, 2.45) is 47.3 Å². The summed E-state index contributed by atoms with van der Waals surface area (Å²) in [5.74, 6) is 1.14. The summed E-state index contributed by atoms with van der Waals surface area (Å²) in [5.41, 5.74) is -0.193. The van der Waals surface area contributed by atoms with Gasteiger partial charge in [0.1, 0.15) is 11.5 Å². The third kappa shape index (κ3) is 8.97. The number of fused-ring (bicyclic) bond motifs is 4. The highest BCUT2D eigenvalue weighted by Gasteiger charge is 2.71. The minimum Gasteiger partial charge on any atom is -0.465 e. The van der Waals surface area contributed by atoms with Crippen LogP contribution in [-0.4, -0.2) is 122 Å². The van der Waals surface area contributed by atoms with Crippen LogP contribution in [-0.2, 0) is 38.5 Å². The Morgan fingerprint density at radius 1 is 0.586 bits per heavy atom. The van der Waals surface area contributed by atoms with Gasteiger partial charge in [0.15, 0.2) is 23.8 Å². The van der Waals surface area contributed by atoms with E-state index >= 15 is 0 Å². The molecular formula is C54H76N4O12. The van der Waals surface area contributed by atoms with Crippen molar-refractivity contribution in [3.63, 3.8) is 0 Å². The summed E-state index contributed by atoms with van der Waals surface area (Å²) in [6.07, 6.45) is 7.11. The molecule has 13 rings (SSSR count). The van der Waals surface area contributed by atoms with Crippen LogP contribution < -0.4 is 20.1 Å². The van der Waals surface area contributed by atoms with Gasteiger partial charge in [-0.3, -0.25) is 9.59 Å². The first-order valence-corrected chi connectivity index (χ1v) is 26.7. The second kappa shape index (κ2) is 19.5. The number of rotatable bonds is 14. The molecule has 16 nitrogen and oxygen atoms in total. The molecule has 2 amide bonds. The average molecular weight is 973 g/mol. The lowest BCUT2D eigenvalue weighted by atomic mass is 9.58.